The molecule has 2 heterocycles. The normalized spacial score (nSPS) is 15.6. The van der Waals surface area contributed by atoms with Crippen LogP contribution in [-0.2, 0) is 21.0 Å². The second kappa shape index (κ2) is 13.2. The zero-order valence-corrected chi connectivity index (χ0v) is 24.8. The average Bonchev–Trinajstić information content (AvgIpc) is 3.34. The number of rotatable bonds is 12. The van der Waals surface area contributed by atoms with Crippen molar-refractivity contribution in [1.82, 2.24) is 19.7 Å². The number of carbonyl (C=O) groups excluding carboxylic acids is 1. The van der Waals surface area contributed by atoms with Gasteiger partial charge in [0, 0.05) is 38.4 Å². The first-order chi connectivity index (χ1) is 18.8. The minimum Gasteiger partial charge on any atom is -0.469 e. The number of aromatic nitrogens is 4. The molecule has 0 N–H and O–H groups in total. The molecule has 1 atom stereocenters. The highest BCUT2D eigenvalue weighted by atomic mass is 28.3. The second-order valence-corrected chi connectivity index (χ2v) is 16.8. The van der Waals surface area contributed by atoms with E-state index in [0.29, 0.717) is 38.3 Å². The van der Waals surface area contributed by atoms with Crippen LogP contribution < -0.4 is 4.74 Å². The first-order valence-electron chi connectivity index (χ1n) is 13.7. The molecule has 2 aromatic heterocycles. The number of carbonyl (C=O) groups is 1. The fraction of sp³-hybridized carbons (Fsp3) is 0.467. The minimum absolute atomic E-state index is 0.133. The van der Waals surface area contributed by atoms with Crippen LogP contribution in [0.3, 0.4) is 0 Å². The van der Waals surface area contributed by atoms with Crippen LogP contribution in [-0.4, -0.2) is 54.1 Å². The van der Waals surface area contributed by atoms with E-state index in [1.54, 1.807) is 4.68 Å². The molecule has 208 valence electrons. The van der Waals surface area contributed by atoms with Crippen molar-refractivity contribution in [3.05, 3.63) is 54.4 Å². The van der Waals surface area contributed by atoms with Crippen LogP contribution in [0.2, 0.25) is 25.7 Å². The number of hydrogen-bond acceptors (Lipinski definition) is 7. The molecule has 0 saturated heterocycles. The van der Waals surface area contributed by atoms with Gasteiger partial charge in [0.1, 0.15) is 6.73 Å². The second-order valence-electron chi connectivity index (χ2n) is 11.2. The van der Waals surface area contributed by atoms with Crippen LogP contribution in [0.15, 0.2) is 48.7 Å². The molecule has 0 spiro atoms. The summed E-state index contributed by atoms with van der Waals surface area (Å²) < 4.78 is 18.1. The quantitative estimate of drug-likeness (QED) is 0.146. The average molecular weight is 549 g/mol. The molecule has 0 radical (unpaired) electrons. The Morgan fingerprint density at radius 1 is 1.08 bits per heavy atom. The summed E-state index contributed by atoms with van der Waals surface area (Å²) in [7, 11) is 0.285. The summed E-state index contributed by atoms with van der Waals surface area (Å²) in [5.41, 5.74) is 5.32. The zero-order valence-electron chi connectivity index (χ0n) is 23.8. The maximum absolute atomic E-state index is 11.6. The topological polar surface area (TPSA) is 88.4 Å². The van der Waals surface area contributed by atoms with Crippen LogP contribution in [0.5, 0.6) is 6.01 Å². The molecule has 1 aliphatic carbocycles. The smallest absolute Gasteiger partial charge is 0.336 e. The molecule has 0 fully saturated rings. The molecule has 0 aliphatic heterocycles. The third-order valence-electron chi connectivity index (χ3n) is 6.91. The van der Waals surface area contributed by atoms with Gasteiger partial charge in [-0.2, -0.15) is 4.98 Å². The Bertz CT molecular complexity index is 1260. The zero-order chi connectivity index (χ0) is 27.8. The highest BCUT2D eigenvalue weighted by Gasteiger charge is 2.20. The van der Waals surface area contributed by atoms with E-state index in [2.05, 4.69) is 60.1 Å². The summed E-state index contributed by atoms with van der Waals surface area (Å²) in [5, 5.41) is 4.50. The summed E-state index contributed by atoms with van der Waals surface area (Å²) in [6, 6.07) is 13.9. The van der Waals surface area contributed by atoms with Gasteiger partial charge in [-0.05, 0) is 55.4 Å². The molecule has 4 rings (SSSR count). The molecule has 9 heteroatoms. The van der Waals surface area contributed by atoms with Crippen molar-refractivity contribution in [3.8, 4) is 28.5 Å². The highest BCUT2D eigenvalue weighted by molar-refractivity contribution is 6.76. The Hall–Kier alpha value is -3.30. The van der Waals surface area contributed by atoms with Crippen LogP contribution in [0.25, 0.3) is 28.1 Å². The molecule has 1 aliphatic rings. The van der Waals surface area contributed by atoms with Gasteiger partial charge in [-0.1, -0.05) is 56.0 Å². The van der Waals surface area contributed by atoms with E-state index in [1.165, 1.54) is 12.7 Å². The van der Waals surface area contributed by atoms with Crippen LogP contribution in [0.4, 0.5) is 0 Å². The predicted octanol–water partition coefficient (Wildman–Crippen LogP) is 6.46. The molecular weight excluding hydrogens is 508 g/mol. The third kappa shape index (κ3) is 8.09. The van der Waals surface area contributed by atoms with Gasteiger partial charge in [0.15, 0.2) is 5.82 Å². The van der Waals surface area contributed by atoms with Crippen molar-refractivity contribution in [2.75, 3.05) is 20.3 Å². The Morgan fingerprint density at radius 3 is 2.44 bits per heavy atom. The van der Waals surface area contributed by atoms with Crippen molar-refractivity contribution >= 4 is 19.6 Å². The number of pyridine rings is 1. The SMILES string of the molecule is CCOc1nc(-c2ccc(-c3ccc(C4=CCC(CC(=O)OC)CC4)nc3)cc2)n(COCC[Si](C)(C)C)n1. The van der Waals surface area contributed by atoms with Crippen LogP contribution >= 0.6 is 0 Å². The van der Waals surface area contributed by atoms with E-state index in [-0.39, 0.29) is 5.97 Å². The van der Waals surface area contributed by atoms with Crippen molar-refractivity contribution < 1.29 is 19.0 Å². The van der Waals surface area contributed by atoms with Gasteiger partial charge in [0.25, 0.3) is 0 Å². The van der Waals surface area contributed by atoms with Gasteiger partial charge in [-0.3, -0.25) is 9.78 Å². The molecule has 1 aromatic carbocycles. The fourth-order valence-electron chi connectivity index (χ4n) is 4.54. The van der Waals surface area contributed by atoms with Crippen molar-refractivity contribution in [2.45, 2.75) is 65.0 Å². The number of methoxy groups -OCH3 is 1. The van der Waals surface area contributed by atoms with Gasteiger partial charge < -0.3 is 14.2 Å². The molecule has 39 heavy (non-hydrogen) atoms. The first-order valence-corrected chi connectivity index (χ1v) is 17.4. The van der Waals surface area contributed by atoms with Crippen molar-refractivity contribution in [1.29, 1.82) is 0 Å². The summed E-state index contributed by atoms with van der Waals surface area (Å²) in [4.78, 5) is 20.9. The number of hydrogen-bond donors (Lipinski definition) is 0. The van der Waals surface area contributed by atoms with Gasteiger partial charge >= 0.3 is 12.0 Å². The molecule has 0 amide bonds. The number of esters is 1. The lowest BCUT2D eigenvalue weighted by Gasteiger charge is -2.20. The Morgan fingerprint density at radius 2 is 1.82 bits per heavy atom. The van der Waals surface area contributed by atoms with Gasteiger partial charge in [0.2, 0.25) is 0 Å². The van der Waals surface area contributed by atoms with E-state index in [0.717, 1.165) is 53.5 Å². The Balaban J connectivity index is 1.43. The minimum atomic E-state index is -1.16. The van der Waals surface area contributed by atoms with Crippen molar-refractivity contribution in [3.63, 3.8) is 0 Å². The fourth-order valence-corrected chi connectivity index (χ4v) is 5.29. The predicted molar refractivity (Wildman–Crippen MR) is 156 cm³/mol. The monoisotopic (exact) mass is 548 g/mol. The number of ether oxygens (including phenoxy) is 3. The highest BCUT2D eigenvalue weighted by Crippen LogP contribution is 2.32. The van der Waals surface area contributed by atoms with Crippen LogP contribution in [0, 0.1) is 5.92 Å². The maximum atomic E-state index is 11.6. The van der Waals surface area contributed by atoms with E-state index >= 15 is 0 Å². The number of benzene rings is 1. The van der Waals surface area contributed by atoms with E-state index in [9.17, 15) is 4.79 Å². The Kier molecular flexibility index (Phi) is 9.69. The molecule has 8 nitrogen and oxygen atoms in total. The van der Waals surface area contributed by atoms with E-state index in [1.807, 2.05) is 25.3 Å². The van der Waals surface area contributed by atoms with Gasteiger partial charge in [-0.25, -0.2) is 4.68 Å². The Labute approximate surface area is 232 Å². The molecular formula is C30H40N4O4Si. The lowest BCUT2D eigenvalue weighted by molar-refractivity contribution is -0.141. The molecule has 0 bridgehead atoms. The maximum Gasteiger partial charge on any atom is 0.336 e. The van der Waals surface area contributed by atoms with Gasteiger partial charge in [-0.15, -0.1) is 5.10 Å². The largest absolute Gasteiger partial charge is 0.469 e. The summed E-state index contributed by atoms with van der Waals surface area (Å²) in [6.07, 6.45) is 7.41. The standard InChI is InChI=1S/C30H40N4O4Si/c1-6-38-30-32-29(34(33-30)21-37-17-18-39(3,4)5)25-13-11-23(12-14-25)26-15-16-27(31-20-26)24-9-7-22(8-10-24)19-28(35)36-2/h9,11-16,20,22H,6-8,10,17-19,21H2,1-5H3. The molecule has 0 saturated carbocycles. The lowest BCUT2D eigenvalue weighted by atomic mass is 9.86. The summed E-state index contributed by atoms with van der Waals surface area (Å²) in [5.74, 6) is 0.943. The lowest BCUT2D eigenvalue weighted by Crippen LogP contribution is -2.22. The van der Waals surface area contributed by atoms with Gasteiger partial charge in [0.05, 0.1) is 19.4 Å². The molecule has 1 unspecified atom stereocenters. The van der Waals surface area contributed by atoms with Crippen molar-refractivity contribution in [2.24, 2.45) is 5.92 Å². The number of nitrogens with zero attached hydrogens (tertiary/aromatic N) is 4. The summed E-state index contributed by atoms with van der Waals surface area (Å²) in [6.45, 7) is 10.5. The molecule has 3 aromatic rings. The summed E-state index contributed by atoms with van der Waals surface area (Å²) >= 11 is 0. The third-order valence-corrected chi connectivity index (χ3v) is 8.61. The first kappa shape index (κ1) is 28.7. The van der Waals surface area contributed by atoms with Crippen LogP contribution in [0.1, 0.15) is 38.3 Å². The van der Waals surface area contributed by atoms with E-state index < -0.39 is 8.07 Å². The number of allylic oxidation sites excluding steroid dienone is 2. The van der Waals surface area contributed by atoms with E-state index in [4.69, 9.17) is 19.2 Å².